The number of allylic oxidation sites excluding steroid dienone is 1. The van der Waals surface area contributed by atoms with Gasteiger partial charge in [0.25, 0.3) is 5.91 Å². The summed E-state index contributed by atoms with van der Waals surface area (Å²) >= 11 is 6.24. The van der Waals surface area contributed by atoms with Crippen LogP contribution in [-0.4, -0.2) is 33.0 Å². The highest BCUT2D eigenvalue weighted by Gasteiger charge is 2.28. The van der Waals surface area contributed by atoms with E-state index in [1.165, 1.54) is 0 Å². The summed E-state index contributed by atoms with van der Waals surface area (Å²) in [5, 5.41) is 3.16. The number of aromatic nitrogens is 3. The van der Waals surface area contributed by atoms with Gasteiger partial charge in [-0.05, 0) is 30.7 Å². The highest BCUT2D eigenvalue weighted by Crippen LogP contribution is 2.31. The Hall–Kier alpha value is -3.71. The van der Waals surface area contributed by atoms with E-state index in [1.807, 2.05) is 24.3 Å². The largest absolute Gasteiger partial charge is 0.462 e. The third kappa shape index (κ3) is 4.65. The molecule has 0 radical (unpaired) electrons. The Bertz CT molecular complexity index is 1380. The van der Waals surface area contributed by atoms with Gasteiger partial charge in [0.1, 0.15) is 16.9 Å². The molecule has 174 valence electrons. The Morgan fingerprint density at radius 1 is 1.09 bits per heavy atom. The molecule has 0 aliphatic heterocycles. The lowest BCUT2D eigenvalue weighted by Gasteiger charge is -2.12. The molecule has 1 N–H and O–H groups in total. The fourth-order valence-corrected chi connectivity index (χ4v) is 3.96. The summed E-state index contributed by atoms with van der Waals surface area (Å²) < 4.78 is 7.28. The third-order valence-electron chi connectivity index (χ3n) is 5.40. The number of para-hydroxylation sites is 2. The number of nitrogens with one attached hydrogen (secondary N) is 1. The Labute approximate surface area is 202 Å². The van der Waals surface area contributed by atoms with Crippen molar-refractivity contribution in [3.63, 3.8) is 0 Å². The van der Waals surface area contributed by atoms with Gasteiger partial charge in [0.05, 0.1) is 28.2 Å². The van der Waals surface area contributed by atoms with E-state index in [4.69, 9.17) is 26.3 Å². The molecule has 0 unspecified atom stereocenters. The standard InChI is InChI=1S/C26H25ClN4O3/c1-3-5-10-16-34-26(33)21-22-24(29-20-14-9-8-13-19(20)28-22)31(15-4-2)23(21)30-25(32)17-11-6-7-12-18(17)27/h4,6-9,11-14H,2-3,5,10,15-16H2,1H3,(H,30,32). The van der Waals surface area contributed by atoms with Crippen LogP contribution in [0.15, 0.2) is 61.2 Å². The smallest absolute Gasteiger partial charge is 0.344 e. The molecule has 0 fully saturated rings. The average molecular weight is 477 g/mol. The molecule has 7 nitrogen and oxygen atoms in total. The van der Waals surface area contributed by atoms with Gasteiger partial charge in [-0.25, -0.2) is 14.8 Å². The van der Waals surface area contributed by atoms with Gasteiger partial charge in [0.2, 0.25) is 0 Å². The monoisotopic (exact) mass is 476 g/mol. The van der Waals surface area contributed by atoms with Crippen LogP contribution in [0.2, 0.25) is 5.02 Å². The lowest BCUT2D eigenvalue weighted by molar-refractivity contribution is 0.0501. The average Bonchev–Trinajstić information content (AvgIpc) is 3.12. The summed E-state index contributed by atoms with van der Waals surface area (Å²) in [5.41, 5.74) is 2.56. The lowest BCUT2D eigenvalue weighted by atomic mass is 10.2. The summed E-state index contributed by atoms with van der Waals surface area (Å²) in [6.45, 7) is 6.47. The van der Waals surface area contributed by atoms with E-state index in [0.29, 0.717) is 33.8 Å². The van der Waals surface area contributed by atoms with Crippen molar-refractivity contribution in [2.24, 2.45) is 0 Å². The molecule has 0 aliphatic rings. The summed E-state index contributed by atoms with van der Waals surface area (Å²) in [5.74, 6) is -0.776. The number of fused-ring (bicyclic) bond motifs is 2. The topological polar surface area (TPSA) is 86.1 Å². The van der Waals surface area contributed by atoms with E-state index >= 15 is 0 Å². The van der Waals surface area contributed by atoms with Crippen LogP contribution in [0.4, 0.5) is 5.82 Å². The van der Waals surface area contributed by atoms with Crippen molar-refractivity contribution in [2.45, 2.75) is 32.7 Å². The predicted molar refractivity (Wildman–Crippen MR) is 134 cm³/mol. The van der Waals surface area contributed by atoms with Crippen LogP contribution in [0.25, 0.3) is 22.2 Å². The molecule has 2 aromatic carbocycles. The highest BCUT2D eigenvalue weighted by atomic mass is 35.5. The number of hydrogen-bond acceptors (Lipinski definition) is 5. The zero-order valence-electron chi connectivity index (χ0n) is 18.9. The molecule has 0 spiro atoms. The molecule has 0 bridgehead atoms. The molecule has 4 aromatic rings. The number of carbonyl (C=O) groups is 2. The quantitative estimate of drug-likeness (QED) is 0.181. The number of amides is 1. The van der Waals surface area contributed by atoms with E-state index in [-0.39, 0.29) is 23.6 Å². The summed E-state index contributed by atoms with van der Waals surface area (Å²) in [7, 11) is 0. The second kappa shape index (κ2) is 10.5. The molecule has 0 atom stereocenters. The Balaban J connectivity index is 1.88. The molecule has 0 saturated heterocycles. The molecule has 2 aromatic heterocycles. The van der Waals surface area contributed by atoms with Crippen molar-refractivity contribution >= 4 is 51.5 Å². The van der Waals surface area contributed by atoms with E-state index in [9.17, 15) is 9.59 Å². The minimum atomic E-state index is -0.567. The SMILES string of the molecule is C=CCn1c(NC(=O)c2ccccc2Cl)c(C(=O)OCCCCC)c2nc3ccccc3nc21. The maximum absolute atomic E-state index is 13.3. The number of anilines is 1. The van der Waals surface area contributed by atoms with Crippen LogP contribution in [0, 0.1) is 0 Å². The number of ether oxygens (including phenoxy) is 1. The van der Waals surface area contributed by atoms with Gasteiger partial charge >= 0.3 is 5.97 Å². The third-order valence-corrected chi connectivity index (χ3v) is 5.73. The maximum Gasteiger partial charge on any atom is 0.344 e. The Morgan fingerprint density at radius 3 is 2.50 bits per heavy atom. The van der Waals surface area contributed by atoms with Crippen LogP contribution >= 0.6 is 11.6 Å². The van der Waals surface area contributed by atoms with Crippen molar-refractivity contribution < 1.29 is 14.3 Å². The number of hydrogen-bond donors (Lipinski definition) is 1. The normalized spacial score (nSPS) is 11.0. The second-order valence-corrected chi connectivity index (χ2v) is 8.19. The number of halogens is 1. The Kier molecular flexibility index (Phi) is 7.23. The van der Waals surface area contributed by atoms with Gasteiger partial charge in [-0.3, -0.25) is 4.79 Å². The molecule has 34 heavy (non-hydrogen) atoms. The molecular weight excluding hydrogens is 452 g/mol. The van der Waals surface area contributed by atoms with Crippen molar-refractivity contribution in [3.05, 3.63) is 77.3 Å². The number of rotatable bonds is 9. The van der Waals surface area contributed by atoms with Crippen LogP contribution < -0.4 is 5.32 Å². The van der Waals surface area contributed by atoms with Gasteiger partial charge < -0.3 is 14.6 Å². The van der Waals surface area contributed by atoms with Gasteiger partial charge in [-0.2, -0.15) is 0 Å². The molecule has 4 rings (SSSR count). The van der Waals surface area contributed by atoms with Crippen molar-refractivity contribution in [1.29, 1.82) is 0 Å². The molecule has 0 aliphatic carbocycles. The lowest BCUT2D eigenvalue weighted by Crippen LogP contribution is -2.18. The van der Waals surface area contributed by atoms with Crippen LogP contribution in [0.3, 0.4) is 0 Å². The molecule has 8 heteroatoms. The zero-order valence-corrected chi connectivity index (χ0v) is 19.6. The summed E-state index contributed by atoms with van der Waals surface area (Å²) in [4.78, 5) is 35.9. The predicted octanol–water partition coefficient (Wildman–Crippen LogP) is 6.02. The first-order valence-electron chi connectivity index (χ1n) is 11.2. The maximum atomic E-state index is 13.3. The van der Waals surface area contributed by atoms with E-state index < -0.39 is 11.9 Å². The van der Waals surface area contributed by atoms with Crippen LogP contribution in [-0.2, 0) is 11.3 Å². The molecule has 0 saturated carbocycles. The minimum absolute atomic E-state index is 0.159. The van der Waals surface area contributed by atoms with Crippen molar-refractivity contribution in [1.82, 2.24) is 14.5 Å². The first-order chi connectivity index (χ1) is 16.5. The van der Waals surface area contributed by atoms with E-state index in [0.717, 1.165) is 19.3 Å². The van der Waals surface area contributed by atoms with E-state index in [1.54, 1.807) is 34.9 Å². The summed E-state index contributed by atoms with van der Waals surface area (Å²) in [6.07, 6.45) is 4.38. The molecular formula is C26H25ClN4O3. The fourth-order valence-electron chi connectivity index (χ4n) is 3.74. The van der Waals surface area contributed by atoms with Crippen molar-refractivity contribution in [2.75, 3.05) is 11.9 Å². The van der Waals surface area contributed by atoms with Gasteiger partial charge in [0.15, 0.2) is 5.65 Å². The highest BCUT2D eigenvalue weighted by molar-refractivity contribution is 6.34. The first-order valence-corrected chi connectivity index (χ1v) is 11.6. The number of carbonyl (C=O) groups excluding carboxylic acids is 2. The van der Waals surface area contributed by atoms with Crippen LogP contribution in [0.5, 0.6) is 0 Å². The molecule has 1 amide bonds. The number of benzene rings is 2. The zero-order chi connectivity index (χ0) is 24.1. The van der Waals surface area contributed by atoms with Gasteiger partial charge in [-0.15, -0.1) is 6.58 Å². The van der Waals surface area contributed by atoms with Gasteiger partial charge in [0, 0.05) is 6.54 Å². The first kappa shape index (κ1) is 23.4. The fraction of sp³-hybridized carbons (Fsp3) is 0.231. The number of unbranched alkanes of at least 4 members (excludes halogenated alkanes) is 2. The van der Waals surface area contributed by atoms with Gasteiger partial charge in [-0.1, -0.05) is 61.7 Å². The van der Waals surface area contributed by atoms with Crippen LogP contribution in [0.1, 0.15) is 46.9 Å². The van der Waals surface area contributed by atoms with E-state index in [2.05, 4.69) is 18.8 Å². The Morgan fingerprint density at radius 2 is 1.79 bits per heavy atom. The van der Waals surface area contributed by atoms with Crippen molar-refractivity contribution in [3.8, 4) is 0 Å². The number of nitrogens with zero attached hydrogens (tertiary/aromatic N) is 3. The number of esters is 1. The molecule has 2 heterocycles. The second-order valence-electron chi connectivity index (χ2n) is 7.78. The summed E-state index contributed by atoms with van der Waals surface area (Å²) in [6, 6.07) is 14.1. The minimum Gasteiger partial charge on any atom is -0.462 e.